The Morgan fingerprint density at radius 1 is 0.906 bits per heavy atom. The van der Waals surface area contributed by atoms with Gasteiger partial charge in [0.15, 0.2) is 11.5 Å². The molecule has 2 aromatic rings. The van der Waals surface area contributed by atoms with E-state index < -0.39 is 0 Å². The number of unbranched alkanes of at least 4 members (excludes halogenated alkanes) is 1. The van der Waals surface area contributed by atoms with Gasteiger partial charge in [-0.15, -0.1) is 0 Å². The lowest BCUT2D eigenvalue weighted by atomic mass is 10.1. The summed E-state index contributed by atoms with van der Waals surface area (Å²) in [4.78, 5) is 29.4. The number of ether oxygens (including phenoxy) is 2. The molecule has 6 nitrogen and oxygen atoms in total. The van der Waals surface area contributed by atoms with E-state index in [4.69, 9.17) is 21.1 Å². The van der Waals surface area contributed by atoms with Gasteiger partial charge in [0.1, 0.15) is 0 Å². The molecule has 1 aliphatic rings. The molecule has 172 valence electrons. The van der Waals surface area contributed by atoms with Crippen molar-refractivity contribution >= 4 is 23.4 Å². The van der Waals surface area contributed by atoms with Gasteiger partial charge >= 0.3 is 0 Å². The molecule has 0 bridgehead atoms. The quantitative estimate of drug-likeness (QED) is 0.532. The van der Waals surface area contributed by atoms with Gasteiger partial charge in [0, 0.05) is 37.3 Å². The third-order valence-electron chi connectivity index (χ3n) is 5.45. The van der Waals surface area contributed by atoms with E-state index in [1.165, 1.54) is 0 Å². The van der Waals surface area contributed by atoms with E-state index in [1.54, 1.807) is 21.9 Å². The van der Waals surface area contributed by atoms with E-state index in [9.17, 15) is 9.59 Å². The van der Waals surface area contributed by atoms with Gasteiger partial charge in [0.2, 0.25) is 0 Å². The number of carbonyl (C=O) groups is 2. The molecule has 0 aliphatic carbocycles. The van der Waals surface area contributed by atoms with Crippen molar-refractivity contribution in [2.75, 3.05) is 39.4 Å². The minimum atomic E-state index is -0.129. The molecule has 1 fully saturated rings. The van der Waals surface area contributed by atoms with Crippen LogP contribution in [0.2, 0.25) is 5.02 Å². The van der Waals surface area contributed by atoms with Gasteiger partial charge in [0.05, 0.1) is 18.2 Å². The highest BCUT2D eigenvalue weighted by Gasteiger charge is 2.27. The van der Waals surface area contributed by atoms with Crippen molar-refractivity contribution in [3.8, 4) is 11.5 Å². The number of benzene rings is 2. The molecule has 2 amide bonds. The number of hydrogen-bond acceptors (Lipinski definition) is 4. The van der Waals surface area contributed by atoms with Crippen LogP contribution < -0.4 is 9.47 Å². The monoisotopic (exact) mass is 458 g/mol. The molecule has 0 unspecified atom stereocenters. The zero-order valence-electron chi connectivity index (χ0n) is 19.0. The zero-order valence-corrected chi connectivity index (χ0v) is 19.8. The van der Waals surface area contributed by atoms with Crippen molar-refractivity contribution in [1.82, 2.24) is 9.80 Å². The van der Waals surface area contributed by atoms with Gasteiger partial charge in [-0.25, -0.2) is 0 Å². The molecule has 0 spiro atoms. The second-order valence-electron chi connectivity index (χ2n) is 7.87. The number of nitrogens with zero attached hydrogens (tertiary/aromatic N) is 2. The summed E-state index contributed by atoms with van der Waals surface area (Å²) in [5.41, 5.74) is 2.24. The summed E-state index contributed by atoms with van der Waals surface area (Å²) in [6, 6.07) is 10.9. The van der Waals surface area contributed by atoms with Crippen LogP contribution >= 0.6 is 11.6 Å². The first-order valence-corrected chi connectivity index (χ1v) is 11.6. The van der Waals surface area contributed by atoms with Crippen molar-refractivity contribution in [3.63, 3.8) is 0 Å². The average Bonchev–Trinajstić information content (AvgIpc) is 2.80. The van der Waals surface area contributed by atoms with Crippen LogP contribution in [0.5, 0.6) is 11.5 Å². The fourth-order valence-electron chi connectivity index (χ4n) is 3.59. The van der Waals surface area contributed by atoms with E-state index in [-0.39, 0.29) is 11.8 Å². The van der Waals surface area contributed by atoms with Crippen LogP contribution in [0.15, 0.2) is 36.4 Å². The SMILES string of the molecule is CCCCOc1c(Cl)cc(C(=O)N2CCN(C(=O)c3ccc(C)cc3)CC2)cc1OCC. The van der Waals surface area contributed by atoms with Gasteiger partial charge in [-0.2, -0.15) is 0 Å². The molecule has 0 N–H and O–H groups in total. The van der Waals surface area contributed by atoms with E-state index in [1.807, 2.05) is 38.1 Å². The van der Waals surface area contributed by atoms with Crippen LogP contribution in [0, 0.1) is 6.92 Å². The summed E-state index contributed by atoms with van der Waals surface area (Å²) < 4.78 is 11.5. The topological polar surface area (TPSA) is 59.1 Å². The minimum Gasteiger partial charge on any atom is -0.490 e. The summed E-state index contributed by atoms with van der Waals surface area (Å²) in [5.74, 6) is 0.822. The molecular formula is C25H31ClN2O4. The first kappa shape index (κ1) is 23.9. The number of hydrogen-bond donors (Lipinski definition) is 0. The highest BCUT2D eigenvalue weighted by molar-refractivity contribution is 6.32. The number of rotatable bonds is 8. The molecule has 1 heterocycles. The van der Waals surface area contributed by atoms with Crippen LogP contribution in [0.25, 0.3) is 0 Å². The Bertz CT molecular complexity index is 938. The maximum atomic E-state index is 13.1. The second kappa shape index (κ2) is 11.2. The van der Waals surface area contributed by atoms with Crippen LogP contribution in [-0.4, -0.2) is 61.0 Å². The van der Waals surface area contributed by atoms with Gasteiger partial charge in [-0.3, -0.25) is 9.59 Å². The second-order valence-corrected chi connectivity index (χ2v) is 8.28. The molecule has 3 rings (SSSR count). The Hall–Kier alpha value is -2.73. The Morgan fingerprint density at radius 2 is 1.50 bits per heavy atom. The molecule has 0 radical (unpaired) electrons. The van der Waals surface area contributed by atoms with Crippen LogP contribution in [0.3, 0.4) is 0 Å². The lowest BCUT2D eigenvalue weighted by molar-refractivity contribution is 0.0535. The lowest BCUT2D eigenvalue weighted by Crippen LogP contribution is -2.50. The van der Waals surface area contributed by atoms with Crippen molar-refractivity contribution in [3.05, 3.63) is 58.1 Å². The van der Waals surface area contributed by atoms with E-state index in [0.717, 1.165) is 18.4 Å². The summed E-state index contributed by atoms with van der Waals surface area (Å²) in [6.45, 7) is 8.85. The highest BCUT2D eigenvalue weighted by Crippen LogP contribution is 2.37. The van der Waals surface area contributed by atoms with Crippen molar-refractivity contribution in [2.24, 2.45) is 0 Å². The molecule has 32 heavy (non-hydrogen) atoms. The average molecular weight is 459 g/mol. The predicted molar refractivity (Wildman–Crippen MR) is 126 cm³/mol. The van der Waals surface area contributed by atoms with Crippen LogP contribution in [-0.2, 0) is 0 Å². The van der Waals surface area contributed by atoms with Crippen molar-refractivity contribution < 1.29 is 19.1 Å². The van der Waals surface area contributed by atoms with E-state index in [2.05, 4.69) is 6.92 Å². The van der Waals surface area contributed by atoms with E-state index in [0.29, 0.717) is 67.0 Å². The Balaban J connectivity index is 1.67. The molecular weight excluding hydrogens is 428 g/mol. The molecule has 0 saturated carbocycles. The fraction of sp³-hybridized carbons (Fsp3) is 0.440. The Labute approximate surface area is 195 Å². The third kappa shape index (κ3) is 5.74. The largest absolute Gasteiger partial charge is 0.490 e. The summed E-state index contributed by atoms with van der Waals surface area (Å²) in [6.07, 6.45) is 1.92. The van der Waals surface area contributed by atoms with Crippen LogP contribution in [0.4, 0.5) is 0 Å². The van der Waals surface area contributed by atoms with E-state index >= 15 is 0 Å². The third-order valence-corrected chi connectivity index (χ3v) is 5.73. The highest BCUT2D eigenvalue weighted by atomic mass is 35.5. The van der Waals surface area contributed by atoms with Crippen molar-refractivity contribution in [1.29, 1.82) is 0 Å². The first-order valence-electron chi connectivity index (χ1n) is 11.2. The van der Waals surface area contributed by atoms with Gasteiger partial charge in [0.25, 0.3) is 11.8 Å². The lowest BCUT2D eigenvalue weighted by Gasteiger charge is -2.35. The summed E-state index contributed by atoms with van der Waals surface area (Å²) in [5, 5.41) is 0.364. The Morgan fingerprint density at radius 3 is 2.06 bits per heavy atom. The van der Waals surface area contributed by atoms with Crippen molar-refractivity contribution in [2.45, 2.75) is 33.6 Å². The number of carbonyl (C=O) groups excluding carboxylic acids is 2. The van der Waals surface area contributed by atoms with Crippen LogP contribution in [0.1, 0.15) is 53.0 Å². The standard InChI is InChI=1S/C25H31ClN2O4/c1-4-6-15-32-23-21(26)16-20(17-22(23)31-5-2)25(30)28-13-11-27(12-14-28)24(29)19-9-7-18(3)8-10-19/h7-10,16-17H,4-6,11-15H2,1-3H3. The number of piperazine rings is 1. The first-order chi connectivity index (χ1) is 15.4. The smallest absolute Gasteiger partial charge is 0.254 e. The molecule has 0 aromatic heterocycles. The number of halogens is 1. The number of aryl methyl sites for hydroxylation is 1. The summed E-state index contributed by atoms with van der Waals surface area (Å²) in [7, 11) is 0. The summed E-state index contributed by atoms with van der Waals surface area (Å²) >= 11 is 6.45. The predicted octanol–water partition coefficient (Wildman–Crippen LogP) is 4.82. The Kier molecular flexibility index (Phi) is 8.39. The maximum absolute atomic E-state index is 13.1. The van der Waals surface area contributed by atoms with Gasteiger partial charge < -0.3 is 19.3 Å². The van der Waals surface area contributed by atoms with Gasteiger partial charge in [-0.05, 0) is 44.5 Å². The normalized spacial score (nSPS) is 13.8. The fourth-order valence-corrected chi connectivity index (χ4v) is 3.85. The molecule has 7 heteroatoms. The molecule has 1 aliphatic heterocycles. The maximum Gasteiger partial charge on any atom is 0.254 e. The molecule has 0 atom stereocenters. The molecule has 1 saturated heterocycles. The zero-order chi connectivity index (χ0) is 23.1. The minimum absolute atomic E-state index is 0.00708. The number of amides is 2. The van der Waals surface area contributed by atoms with Gasteiger partial charge in [-0.1, -0.05) is 42.6 Å². The molecule has 2 aromatic carbocycles.